The summed E-state index contributed by atoms with van der Waals surface area (Å²) < 4.78 is 10.7. The molecule has 0 N–H and O–H groups in total. The lowest BCUT2D eigenvalue weighted by molar-refractivity contribution is -0.163. The van der Waals surface area contributed by atoms with Crippen LogP contribution in [0.2, 0.25) is 0 Å². The summed E-state index contributed by atoms with van der Waals surface area (Å²) in [6.07, 6.45) is 3.96. The number of hydrogen-bond acceptors (Lipinski definition) is 3. The van der Waals surface area contributed by atoms with Crippen LogP contribution in [-0.4, -0.2) is 24.8 Å². The average molecular weight is 256 g/mol. The lowest BCUT2D eigenvalue weighted by Gasteiger charge is -2.36. The van der Waals surface area contributed by atoms with Crippen molar-refractivity contribution in [3.8, 4) is 0 Å². The molecule has 3 nitrogen and oxygen atoms in total. The Labute approximate surface area is 111 Å². The van der Waals surface area contributed by atoms with Gasteiger partial charge in [0, 0.05) is 6.61 Å². The maximum absolute atomic E-state index is 11.7. The van der Waals surface area contributed by atoms with E-state index in [0.717, 1.165) is 31.6 Å². The van der Waals surface area contributed by atoms with Crippen molar-refractivity contribution < 1.29 is 14.3 Å². The zero-order chi connectivity index (χ0) is 13.8. The number of carbonyl (C=O) groups excluding carboxylic acids is 1. The van der Waals surface area contributed by atoms with E-state index in [2.05, 4.69) is 20.8 Å². The molecular weight excluding hydrogens is 228 g/mol. The van der Waals surface area contributed by atoms with Crippen LogP contribution in [0.1, 0.15) is 60.3 Å². The lowest BCUT2D eigenvalue weighted by atomic mass is 9.72. The van der Waals surface area contributed by atoms with Crippen LogP contribution < -0.4 is 0 Å². The van der Waals surface area contributed by atoms with Gasteiger partial charge in [0.2, 0.25) is 0 Å². The number of hydrogen-bond donors (Lipinski definition) is 0. The van der Waals surface area contributed by atoms with Crippen LogP contribution in [0.4, 0.5) is 0 Å². The predicted octanol–water partition coefficient (Wildman–Crippen LogP) is 3.56. The molecule has 1 rings (SSSR count). The fraction of sp³-hybridized carbons (Fsp3) is 0.933. The normalized spacial score (nSPS) is 26.7. The van der Waals surface area contributed by atoms with E-state index in [9.17, 15) is 4.79 Å². The van der Waals surface area contributed by atoms with E-state index in [1.54, 1.807) is 6.92 Å². The first kappa shape index (κ1) is 15.5. The summed E-state index contributed by atoms with van der Waals surface area (Å²) in [4.78, 5) is 11.7. The first-order chi connectivity index (χ1) is 8.34. The van der Waals surface area contributed by atoms with Crippen molar-refractivity contribution in [3.05, 3.63) is 0 Å². The van der Waals surface area contributed by atoms with Gasteiger partial charge in [-0.3, -0.25) is 0 Å². The highest BCUT2D eigenvalue weighted by Crippen LogP contribution is 2.38. The standard InChI is InChI=1S/C15H28O3/c1-6-17-11(2)14(16)18-13-9-7-12(8-10-13)15(3,4)5/h11-13H,6-10H2,1-5H3/t11-,12?,13?/m1/s1. The van der Waals surface area contributed by atoms with Crippen molar-refractivity contribution in [2.24, 2.45) is 11.3 Å². The van der Waals surface area contributed by atoms with E-state index < -0.39 is 6.10 Å². The Hall–Kier alpha value is -0.570. The zero-order valence-corrected chi connectivity index (χ0v) is 12.5. The van der Waals surface area contributed by atoms with Crippen molar-refractivity contribution in [3.63, 3.8) is 0 Å². The molecule has 0 saturated heterocycles. The van der Waals surface area contributed by atoms with Crippen LogP contribution in [0.15, 0.2) is 0 Å². The summed E-state index contributed by atoms with van der Waals surface area (Å²) in [5.74, 6) is 0.535. The topological polar surface area (TPSA) is 35.5 Å². The summed E-state index contributed by atoms with van der Waals surface area (Å²) >= 11 is 0. The van der Waals surface area contributed by atoms with E-state index in [4.69, 9.17) is 9.47 Å². The molecule has 0 bridgehead atoms. The van der Waals surface area contributed by atoms with Gasteiger partial charge in [-0.1, -0.05) is 20.8 Å². The van der Waals surface area contributed by atoms with Crippen molar-refractivity contribution in [2.45, 2.75) is 72.5 Å². The maximum Gasteiger partial charge on any atom is 0.335 e. The number of esters is 1. The molecular formula is C15H28O3. The van der Waals surface area contributed by atoms with Crippen LogP contribution in [0, 0.1) is 11.3 Å². The molecule has 0 aromatic carbocycles. The molecule has 3 heteroatoms. The summed E-state index contributed by atoms with van der Waals surface area (Å²) in [5.41, 5.74) is 0.369. The number of carbonyl (C=O) groups is 1. The molecule has 1 aliphatic carbocycles. The largest absolute Gasteiger partial charge is 0.460 e. The maximum atomic E-state index is 11.7. The summed E-state index contributed by atoms with van der Waals surface area (Å²) in [7, 11) is 0. The van der Waals surface area contributed by atoms with E-state index in [0.29, 0.717) is 12.0 Å². The molecule has 0 unspecified atom stereocenters. The molecule has 0 aliphatic heterocycles. The van der Waals surface area contributed by atoms with Crippen molar-refractivity contribution in [1.82, 2.24) is 0 Å². The van der Waals surface area contributed by atoms with E-state index >= 15 is 0 Å². The minimum absolute atomic E-state index is 0.0963. The SMILES string of the molecule is CCO[C@H](C)C(=O)OC1CCC(C(C)(C)C)CC1. The van der Waals surface area contributed by atoms with Crippen LogP contribution in [0.3, 0.4) is 0 Å². The Balaban J connectivity index is 2.33. The first-order valence-electron chi connectivity index (χ1n) is 7.16. The highest BCUT2D eigenvalue weighted by molar-refractivity contribution is 5.74. The highest BCUT2D eigenvalue weighted by Gasteiger charge is 2.31. The molecule has 0 aromatic rings. The van der Waals surface area contributed by atoms with E-state index in [1.165, 1.54) is 0 Å². The molecule has 0 aromatic heterocycles. The minimum atomic E-state index is -0.435. The third kappa shape index (κ3) is 4.60. The second-order valence-electron chi connectivity index (χ2n) is 6.37. The van der Waals surface area contributed by atoms with Gasteiger partial charge in [0.15, 0.2) is 6.10 Å². The number of rotatable bonds is 4. The van der Waals surface area contributed by atoms with Crippen molar-refractivity contribution >= 4 is 5.97 Å². The van der Waals surface area contributed by atoms with Crippen LogP contribution in [-0.2, 0) is 14.3 Å². The lowest BCUT2D eigenvalue weighted by Crippen LogP contribution is -2.33. The number of ether oxygens (including phenoxy) is 2. The Kier molecular flexibility index (Phi) is 5.64. The predicted molar refractivity (Wildman–Crippen MR) is 72.4 cm³/mol. The van der Waals surface area contributed by atoms with Gasteiger partial charge >= 0.3 is 5.97 Å². The van der Waals surface area contributed by atoms with E-state index in [-0.39, 0.29) is 12.1 Å². The second-order valence-corrected chi connectivity index (χ2v) is 6.37. The molecule has 106 valence electrons. The third-order valence-corrected chi connectivity index (χ3v) is 3.93. The van der Waals surface area contributed by atoms with Crippen molar-refractivity contribution in [2.75, 3.05) is 6.61 Å². The molecule has 0 amide bonds. The van der Waals surface area contributed by atoms with Gasteiger partial charge in [0.05, 0.1) is 0 Å². The molecule has 1 aliphatic rings. The average Bonchev–Trinajstić information content (AvgIpc) is 2.28. The Morgan fingerprint density at radius 1 is 1.22 bits per heavy atom. The minimum Gasteiger partial charge on any atom is -0.460 e. The fourth-order valence-electron chi connectivity index (χ4n) is 2.62. The van der Waals surface area contributed by atoms with Crippen LogP contribution >= 0.6 is 0 Å². The summed E-state index contributed by atoms with van der Waals surface area (Å²) in [5, 5.41) is 0. The quantitative estimate of drug-likeness (QED) is 0.721. The van der Waals surface area contributed by atoms with Gasteiger partial charge in [-0.15, -0.1) is 0 Å². The molecule has 1 fully saturated rings. The molecule has 0 heterocycles. The summed E-state index contributed by atoms with van der Waals surface area (Å²) in [6, 6.07) is 0. The van der Waals surface area contributed by atoms with Crippen molar-refractivity contribution in [1.29, 1.82) is 0 Å². The molecule has 0 spiro atoms. The third-order valence-electron chi connectivity index (χ3n) is 3.93. The van der Waals surface area contributed by atoms with Crippen LogP contribution in [0.25, 0.3) is 0 Å². The Morgan fingerprint density at radius 2 is 1.78 bits per heavy atom. The second kappa shape index (κ2) is 6.55. The van der Waals surface area contributed by atoms with Crippen LogP contribution in [0.5, 0.6) is 0 Å². The van der Waals surface area contributed by atoms with Gasteiger partial charge in [-0.25, -0.2) is 4.79 Å². The monoisotopic (exact) mass is 256 g/mol. The van der Waals surface area contributed by atoms with Gasteiger partial charge in [0.1, 0.15) is 6.10 Å². The van der Waals surface area contributed by atoms with Gasteiger partial charge in [0.25, 0.3) is 0 Å². The Morgan fingerprint density at radius 3 is 2.22 bits per heavy atom. The Bertz CT molecular complexity index is 259. The zero-order valence-electron chi connectivity index (χ0n) is 12.5. The molecule has 18 heavy (non-hydrogen) atoms. The van der Waals surface area contributed by atoms with Gasteiger partial charge < -0.3 is 9.47 Å². The molecule has 1 saturated carbocycles. The van der Waals surface area contributed by atoms with Gasteiger partial charge in [-0.2, -0.15) is 0 Å². The fourth-order valence-corrected chi connectivity index (χ4v) is 2.62. The molecule has 1 atom stereocenters. The van der Waals surface area contributed by atoms with Gasteiger partial charge in [-0.05, 0) is 50.9 Å². The molecule has 0 radical (unpaired) electrons. The summed E-state index contributed by atoms with van der Waals surface area (Å²) in [6.45, 7) is 11.1. The smallest absolute Gasteiger partial charge is 0.335 e. The first-order valence-corrected chi connectivity index (χ1v) is 7.16. The van der Waals surface area contributed by atoms with E-state index in [1.807, 2.05) is 6.92 Å². The highest BCUT2D eigenvalue weighted by atomic mass is 16.6.